The summed E-state index contributed by atoms with van der Waals surface area (Å²) < 4.78 is 9.12. The first-order valence-corrected chi connectivity index (χ1v) is 7.73. The number of amides is 1. The van der Waals surface area contributed by atoms with E-state index in [1.54, 1.807) is 13.3 Å². The summed E-state index contributed by atoms with van der Waals surface area (Å²) in [6, 6.07) is 14.9. The van der Waals surface area contributed by atoms with Crippen molar-refractivity contribution in [2.24, 2.45) is 0 Å². The van der Waals surface area contributed by atoms with Crippen LogP contribution in [0.3, 0.4) is 0 Å². The third-order valence-corrected chi connectivity index (χ3v) is 4.05. The van der Waals surface area contributed by atoms with Crippen LogP contribution in [0, 0.1) is 0 Å². The minimum absolute atomic E-state index is 0.114. The lowest BCUT2D eigenvalue weighted by molar-refractivity contribution is -0.680. The molecular formula is C19H20N3O2+. The van der Waals surface area contributed by atoms with Gasteiger partial charge in [-0.05, 0) is 31.2 Å². The third kappa shape index (κ3) is 2.76. The molecule has 2 aromatic carbocycles. The van der Waals surface area contributed by atoms with E-state index in [1.807, 2.05) is 70.9 Å². The molecule has 1 N–H and O–H groups in total. The smallest absolute Gasteiger partial charge is 0.269 e. The third-order valence-electron chi connectivity index (χ3n) is 4.05. The number of imidazole rings is 1. The van der Waals surface area contributed by atoms with E-state index in [9.17, 15) is 4.79 Å². The molecule has 5 heteroatoms. The van der Waals surface area contributed by atoms with Gasteiger partial charge in [0.25, 0.3) is 5.91 Å². The van der Waals surface area contributed by atoms with Gasteiger partial charge in [-0.3, -0.25) is 4.79 Å². The molecule has 5 nitrogen and oxygen atoms in total. The van der Waals surface area contributed by atoms with Crippen molar-refractivity contribution in [3.8, 4) is 5.75 Å². The number of anilines is 1. The number of hydrogen-bond donors (Lipinski definition) is 1. The van der Waals surface area contributed by atoms with Crippen molar-refractivity contribution < 1.29 is 14.1 Å². The molecule has 0 fully saturated rings. The number of para-hydroxylation sites is 4. The van der Waals surface area contributed by atoms with E-state index in [0.29, 0.717) is 11.4 Å². The van der Waals surface area contributed by atoms with Gasteiger partial charge in [-0.2, -0.15) is 0 Å². The first kappa shape index (κ1) is 15.8. The fraction of sp³-hybridized carbons (Fsp3) is 0.158. The summed E-state index contributed by atoms with van der Waals surface area (Å²) >= 11 is 0. The maximum atomic E-state index is 12.7. The number of benzene rings is 2. The molecule has 122 valence electrons. The molecule has 1 amide bonds. The van der Waals surface area contributed by atoms with Gasteiger partial charge >= 0.3 is 0 Å². The van der Waals surface area contributed by atoms with Crippen LogP contribution in [-0.2, 0) is 4.79 Å². The van der Waals surface area contributed by atoms with E-state index in [4.69, 9.17) is 4.74 Å². The predicted molar refractivity (Wildman–Crippen MR) is 94.9 cm³/mol. The Bertz CT molecular complexity index is 899. The quantitative estimate of drug-likeness (QED) is 0.733. The van der Waals surface area contributed by atoms with Crippen LogP contribution in [0.1, 0.15) is 13.0 Å². The summed E-state index contributed by atoms with van der Waals surface area (Å²) in [5.41, 5.74) is 2.63. The Hall–Kier alpha value is -3.08. The standard InChI is InChI=1S/C19H19N3O2/c1-4-21-13-22(17-11-7-6-10-16(17)21)14(2)19(23)20-15-9-5-8-12-18(15)24-3/h4-14H,1H2,2-3H3/p+1/t14-/m1/s1. The van der Waals surface area contributed by atoms with Crippen LogP contribution < -0.4 is 14.6 Å². The van der Waals surface area contributed by atoms with Gasteiger partial charge in [0.1, 0.15) is 5.75 Å². The van der Waals surface area contributed by atoms with Crippen molar-refractivity contribution in [2.75, 3.05) is 12.4 Å². The zero-order chi connectivity index (χ0) is 17.1. The number of nitrogens with one attached hydrogen (secondary N) is 1. The van der Waals surface area contributed by atoms with Crippen molar-refractivity contribution in [3.05, 3.63) is 61.4 Å². The van der Waals surface area contributed by atoms with E-state index in [-0.39, 0.29) is 11.9 Å². The zero-order valence-corrected chi connectivity index (χ0v) is 13.8. The van der Waals surface area contributed by atoms with Gasteiger partial charge in [-0.15, -0.1) is 0 Å². The largest absolute Gasteiger partial charge is 0.495 e. The Labute approximate surface area is 140 Å². The molecule has 0 aliphatic carbocycles. The highest BCUT2D eigenvalue weighted by molar-refractivity contribution is 5.94. The van der Waals surface area contributed by atoms with Crippen LogP contribution in [0.2, 0.25) is 0 Å². The lowest BCUT2D eigenvalue weighted by Crippen LogP contribution is -2.43. The van der Waals surface area contributed by atoms with E-state index in [0.717, 1.165) is 11.0 Å². The number of fused-ring (bicyclic) bond motifs is 1. The van der Waals surface area contributed by atoms with Crippen molar-refractivity contribution in [1.29, 1.82) is 0 Å². The molecule has 0 aliphatic heterocycles. The average Bonchev–Trinajstić information content (AvgIpc) is 3.00. The predicted octanol–water partition coefficient (Wildman–Crippen LogP) is 3.24. The lowest BCUT2D eigenvalue weighted by atomic mass is 10.2. The fourth-order valence-corrected chi connectivity index (χ4v) is 2.72. The average molecular weight is 322 g/mol. The molecule has 0 aliphatic rings. The van der Waals surface area contributed by atoms with Crippen LogP contribution in [0.5, 0.6) is 5.75 Å². The van der Waals surface area contributed by atoms with Gasteiger partial charge in [-0.1, -0.05) is 30.8 Å². The molecular weight excluding hydrogens is 302 g/mol. The monoisotopic (exact) mass is 322 g/mol. The van der Waals surface area contributed by atoms with Crippen molar-refractivity contribution in [1.82, 2.24) is 4.57 Å². The number of carbonyl (C=O) groups excluding carboxylic acids is 1. The van der Waals surface area contributed by atoms with Gasteiger partial charge < -0.3 is 10.1 Å². The highest BCUT2D eigenvalue weighted by atomic mass is 16.5. The van der Waals surface area contributed by atoms with Crippen LogP contribution in [0.25, 0.3) is 17.2 Å². The van der Waals surface area contributed by atoms with E-state index < -0.39 is 0 Å². The van der Waals surface area contributed by atoms with Gasteiger partial charge in [0.2, 0.25) is 6.33 Å². The van der Waals surface area contributed by atoms with Gasteiger partial charge in [0.15, 0.2) is 17.1 Å². The summed E-state index contributed by atoms with van der Waals surface area (Å²) in [5.74, 6) is 0.521. The maximum Gasteiger partial charge on any atom is 0.269 e. The number of aromatic nitrogens is 2. The molecule has 1 heterocycles. The Kier molecular flexibility index (Phi) is 4.33. The van der Waals surface area contributed by atoms with Gasteiger partial charge in [0.05, 0.1) is 19.0 Å². The second-order valence-corrected chi connectivity index (χ2v) is 5.47. The Morgan fingerprint density at radius 1 is 1.25 bits per heavy atom. The first-order valence-electron chi connectivity index (χ1n) is 7.73. The number of carbonyl (C=O) groups is 1. The molecule has 0 saturated carbocycles. The molecule has 3 rings (SSSR count). The Balaban J connectivity index is 1.93. The van der Waals surface area contributed by atoms with Gasteiger partial charge in [0, 0.05) is 0 Å². The molecule has 0 bridgehead atoms. The normalized spacial score (nSPS) is 11.9. The number of rotatable bonds is 5. The molecule has 0 spiro atoms. The van der Waals surface area contributed by atoms with Crippen LogP contribution in [-0.4, -0.2) is 17.6 Å². The van der Waals surface area contributed by atoms with E-state index in [2.05, 4.69) is 11.9 Å². The van der Waals surface area contributed by atoms with Crippen LogP contribution >= 0.6 is 0 Å². The van der Waals surface area contributed by atoms with Crippen molar-refractivity contribution in [3.63, 3.8) is 0 Å². The lowest BCUT2D eigenvalue weighted by Gasteiger charge is -2.12. The second-order valence-electron chi connectivity index (χ2n) is 5.47. The molecule has 24 heavy (non-hydrogen) atoms. The zero-order valence-electron chi connectivity index (χ0n) is 13.8. The first-order chi connectivity index (χ1) is 11.7. The van der Waals surface area contributed by atoms with Gasteiger partial charge in [-0.25, -0.2) is 9.13 Å². The molecule has 1 atom stereocenters. The summed E-state index contributed by atoms with van der Waals surface area (Å²) in [5, 5.41) is 2.93. The van der Waals surface area contributed by atoms with Crippen LogP contribution in [0.4, 0.5) is 5.69 Å². The van der Waals surface area contributed by atoms with E-state index >= 15 is 0 Å². The fourth-order valence-electron chi connectivity index (χ4n) is 2.72. The SMILES string of the molecule is C=Cn1c[n+]([C@H](C)C(=O)Nc2ccccc2OC)c2ccccc21. The molecule has 1 aromatic heterocycles. The minimum Gasteiger partial charge on any atom is -0.495 e. The molecule has 3 aromatic rings. The van der Waals surface area contributed by atoms with Crippen molar-refractivity contribution >= 4 is 28.8 Å². The Morgan fingerprint density at radius 2 is 1.96 bits per heavy atom. The topological polar surface area (TPSA) is 47.1 Å². The summed E-state index contributed by atoms with van der Waals surface area (Å²) in [7, 11) is 1.58. The summed E-state index contributed by atoms with van der Waals surface area (Å²) in [4.78, 5) is 12.7. The number of ether oxygens (including phenoxy) is 1. The minimum atomic E-state index is -0.388. The molecule has 0 saturated heterocycles. The summed E-state index contributed by atoms with van der Waals surface area (Å²) in [6.45, 7) is 5.69. The highest BCUT2D eigenvalue weighted by Gasteiger charge is 2.25. The Morgan fingerprint density at radius 3 is 2.71 bits per heavy atom. The maximum absolute atomic E-state index is 12.7. The number of hydrogen-bond acceptors (Lipinski definition) is 2. The van der Waals surface area contributed by atoms with E-state index in [1.165, 1.54) is 0 Å². The molecule has 0 radical (unpaired) electrons. The highest BCUT2D eigenvalue weighted by Crippen LogP contribution is 2.24. The number of methoxy groups -OCH3 is 1. The summed E-state index contributed by atoms with van der Waals surface area (Å²) in [6.07, 6.45) is 3.60. The second kappa shape index (κ2) is 6.58. The molecule has 0 unspecified atom stereocenters. The van der Waals surface area contributed by atoms with Crippen molar-refractivity contribution in [2.45, 2.75) is 13.0 Å². The van der Waals surface area contributed by atoms with Crippen LogP contribution in [0.15, 0.2) is 61.4 Å². The number of nitrogens with zero attached hydrogens (tertiary/aromatic N) is 2.